The highest BCUT2D eigenvalue weighted by Gasteiger charge is 2.39. The lowest BCUT2D eigenvalue weighted by molar-refractivity contribution is 0.296. The van der Waals surface area contributed by atoms with Crippen LogP contribution < -0.4 is 5.32 Å². The van der Waals surface area contributed by atoms with Crippen LogP contribution in [0.5, 0.6) is 0 Å². The Morgan fingerprint density at radius 3 is 2.89 bits per heavy atom. The second-order valence-corrected chi connectivity index (χ2v) is 7.18. The molecule has 3 atom stereocenters. The predicted octanol–water partition coefficient (Wildman–Crippen LogP) is 3.67. The number of hydrogen-bond donors (Lipinski definition) is 1. The number of nitrogens with zero attached hydrogens (tertiary/aromatic N) is 1. The second-order valence-electron chi connectivity index (χ2n) is 7.18. The lowest BCUT2D eigenvalue weighted by Crippen LogP contribution is -2.19. The molecule has 106 valence electrons. The highest BCUT2D eigenvalue weighted by atomic mass is 15.0. The smallest absolute Gasteiger partial charge is 0.0250 e. The standard InChI is InChI=1S/C17H28N2/c1-13(2)9-18-10-15-5-6-19(11-15)12-17-8-14-3-4-16(17)7-14/h5-6,11,13-14,16-18H,3-4,7-10,12H2,1-2H3. The molecule has 2 aliphatic rings. The Morgan fingerprint density at radius 2 is 2.21 bits per heavy atom. The second kappa shape index (κ2) is 5.70. The zero-order valence-corrected chi connectivity index (χ0v) is 12.4. The van der Waals surface area contributed by atoms with Crippen LogP contribution in [0.25, 0.3) is 0 Å². The van der Waals surface area contributed by atoms with Crippen molar-refractivity contribution in [2.75, 3.05) is 6.54 Å². The van der Waals surface area contributed by atoms with Gasteiger partial charge >= 0.3 is 0 Å². The molecule has 2 saturated carbocycles. The summed E-state index contributed by atoms with van der Waals surface area (Å²) in [6, 6.07) is 2.28. The summed E-state index contributed by atoms with van der Waals surface area (Å²) in [7, 11) is 0. The molecule has 0 amide bonds. The first kappa shape index (κ1) is 13.2. The van der Waals surface area contributed by atoms with Crippen molar-refractivity contribution in [1.82, 2.24) is 9.88 Å². The van der Waals surface area contributed by atoms with Crippen molar-refractivity contribution in [1.29, 1.82) is 0 Å². The van der Waals surface area contributed by atoms with Crippen LogP contribution in [0, 0.1) is 23.7 Å². The van der Waals surface area contributed by atoms with Gasteiger partial charge in [-0.15, -0.1) is 0 Å². The maximum Gasteiger partial charge on any atom is 0.0250 e. The maximum atomic E-state index is 3.52. The van der Waals surface area contributed by atoms with Gasteiger partial charge in [-0.3, -0.25) is 0 Å². The van der Waals surface area contributed by atoms with E-state index in [2.05, 4.69) is 42.2 Å². The fraction of sp³-hybridized carbons (Fsp3) is 0.765. The Labute approximate surface area is 117 Å². The Hall–Kier alpha value is -0.760. The Balaban J connectivity index is 1.48. The van der Waals surface area contributed by atoms with Gasteiger partial charge in [-0.1, -0.05) is 20.3 Å². The van der Waals surface area contributed by atoms with Gasteiger partial charge in [0.1, 0.15) is 0 Å². The van der Waals surface area contributed by atoms with Gasteiger partial charge in [-0.05, 0) is 61.1 Å². The molecular weight excluding hydrogens is 232 g/mol. The van der Waals surface area contributed by atoms with Gasteiger partial charge in [0.15, 0.2) is 0 Å². The van der Waals surface area contributed by atoms with E-state index in [-0.39, 0.29) is 0 Å². The van der Waals surface area contributed by atoms with Crippen LogP contribution in [0.2, 0.25) is 0 Å². The number of nitrogens with one attached hydrogen (secondary N) is 1. The zero-order valence-electron chi connectivity index (χ0n) is 12.4. The van der Waals surface area contributed by atoms with E-state index in [4.69, 9.17) is 0 Å². The fourth-order valence-electron chi connectivity index (χ4n) is 4.08. The lowest BCUT2D eigenvalue weighted by Gasteiger charge is -2.22. The topological polar surface area (TPSA) is 17.0 Å². The Kier molecular flexibility index (Phi) is 3.97. The van der Waals surface area contributed by atoms with E-state index >= 15 is 0 Å². The molecule has 1 heterocycles. The third kappa shape index (κ3) is 3.22. The van der Waals surface area contributed by atoms with E-state index in [1.165, 1.54) is 37.8 Å². The summed E-state index contributed by atoms with van der Waals surface area (Å²) in [6.07, 6.45) is 10.6. The first-order valence-electron chi connectivity index (χ1n) is 8.06. The summed E-state index contributed by atoms with van der Waals surface area (Å²) in [5.74, 6) is 3.80. The molecule has 0 aliphatic heterocycles. The van der Waals surface area contributed by atoms with Crippen LogP contribution in [0.15, 0.2) is 18.5 Å². The van der Waals surface area contributed by atoms with Gasteiger partial charge in [0.25, 0.3) is 0 Å². The van der Waals surface area contributed by atoms with Crippen LogP contribution in [0.4, 0.5) is 0 Å². The molecule has 1 aromatic heterocycles. The lowest BCUT2D eigenvalue weighted by atomic mass is 9.89. The molecule has 2 heteroatoms. The highest BCUT2D eigenvalue weighted by Crippen LogP contribution is 2.48. The minimum Gasteiger partial charge on any atom is -0.354 e. The SMILES string of the molecule is CC(C)CNCc1ccn(CC2CC3CCC2C3)c1. The number of aromatic nitrogens is 1. The van der Waals surface area contributed by atoms with E-state index in [0.29, 0.717) is 0 Å². The summed E-state index contributed by atoms with van der Waals surface area (Å²) < 4.78 is 2.43. The van der Waals surface area contributed by atoms with Crippen molar-refractivity contribution in [3.8, 4) is 0 Å². The number of fused-ring (bicyclic) bond motifs is 2. The van der Waals surface area contributed by atoms with Gasteiger partial charge in [0.2, 0.25) is 0 Å². The largest absolute Gasteiger partial charge is 0.354 e. The summed E-state index contributed by atoms with van der Waals surface area (Å²) in [5, 5.41) is 3.52. The van der Waals surface area contributed by atoms with Crippen LogP contribution in [-0.4, -0.2) is 11.1 Å². The van der Waals surface area contributed by atoms with Crippen LogP contribution in [-0.2, 0) is 13.1 Å². The molecule has 0 radical (unpaired) electrons. The summed E-state index contributed by atoms with van der Waals surface area (Å²) in [6.45, 7) is 7.89. The molecule has 2 bridgehead atoms. The molecule has 2 fully saturated rings. The third-order valence-electron chi connectivity index (χ3n) is 5.02. The van der Waals surface area contributed by atoms with Crippen molar-refractivity contribution in [3.05, 3.63) is 24.0 Å². The Bertz CT molecular complexity index is 407. The molecule has 2 aliphatic carbocycles. The molecule has 0 spiro atoms. The molecule has 19 heavy (non-hydrogen) atoms. The molecule has 2 nitrogen and oxygen atoms in total. The summed E-state index contributed by atoms with van der Waals surface area (Å²) in [5.41, 5.74) is 1.43. The average Bonchev–Trinajstić information content (AvgIpc) is 3.05. The Morgan fingerprint density at radius 1 is 1.32 bits per heavy atom. The molecular formula is C17H28N2. The van der Waals surface area contributed by atoms with Gasteiger partial charge in [0, 0.05) is 25.5 Å². The minimum absolute atomic E-state index is 0.733. The third-order valence-corrected chi connectivity index (χ3v) is 5.02. The van der Waals surface area contributed by atoms with Crippen molar-refractivity contribution < 1.29 is 0 Å². The quantitative estimate of drug-likeness (QED) is 0.826. The summed E-state index contributed by atoms with van der Waals surface area (Å²) >= 11 is 0. The zero-order chi connectivity index (χ0) is 13.2. The molecule has 3 unspecified atom stereocenters. The first-order valence-corrected chi connectivity index (χ1v) is 8.06. The van der Waals surface area contributed by atoms with Gasteiger partial charge in [-0.2, -0.15) is 0 Å². The van der Waals surface area contributed by atoms with E-state index in [9.17, 15) is 0 Å². The van der Waals surface area contributed by atoms with Gasteiger partial charge in [-0.25, -0.2) is 0 Å². The van der Waals surface area contributed by atoms with Gasteiger partial charge in [0.05, 0.1) is 0 Å². The van der Waals surface area contributed by atoms with Crippen LogP contribution in [0.1, 0.15) is 45.1 Å². The maximum absolute atomic E-state index is 3.52. The van der Waals surface area contributed by atoms with E-state index < -0.39 is 0 Å². The molecule has 0 saturated heterocycles. The first-order chi connectivity index (χ1) is 9.20. The van der Waals surface area contributed by atoms with E-state index in [1.54, 1.807) is 0 Å². The highest BCUT2D eigenvalue weighted by molar-refractivity contribution is 5.10. The molecule has 1 N–H and O–H groups in total. The van der Waals surface area contributed by atoms with Crippen LogP contribution >= 0.6 is 0 Å². The van der Waals surface area contributed by atoms with E-state index in [1.807, 2.05) is 0 Å². The van der Waals surface area contributed by atoms with Crippen molar-refractivity contribution >= 4 is 0 Å². The van der Waals surface area contributed by atoms with Crippen molar-refractivity contribution in [3.63, 3.8) is 0 Å². The molecule has 0 aromatic carbocycles. The van der Waals surface area contributed by atoms with Crippen molar-refractivity contribution in [2.24, 2.45) is 23.7 Å². The average molecular weight is 260 g/mol. The van der Waals surface area contributed by atoms with Crippen molar-refractivity contribution in [2.45, 2.75) is 52.6 Å². The molecule has 1 aromatic rings. The number of hydrogen-bond acceptors (Lipinski definition) is 1. The molecule has 3 rings (SSSR count). The van der Waals surface area contributed by atoms with Crippen LogP contribution in [0.3, 0.4) is 0 Å². The normalized spacial score (nSPS) is 29.5. The minimum atomic E-state index is 0.733. The summed E-state index contributed by atoms with van der Waals surface area (Å²) in [4.78, 5) is 0. The van der Waals surface area contributed by atoms with E-state index in [0.717, 1.165) is 36.8 Å². The van der Waals surface area contributed by atoms with Gasteiger partial charge < -0.3 is 9.88 Å². The number of rotatable bonds is 6. The monoisotopic (exact) mass is 260 g/mol. The fourth-order valence-corrected chi connectivity index (χ4v) is 4.08. The predicted molar refractivity (Wildman–Crippen MR) is 79.9 cm³/mol.